The van der Waals surface area contributed by atoms with Gasteiger partial charge in [-0.1, -0.05) is 6.92 Å². The van der Waals surface area contributed by atoms with E-state index in [0.717, 1.165) is 0 Å². The third-order valence-electron chi connectivity index (χ3n) is 1.82. The molecule has 132 valence electrons. The van der Waals surface area contributed by atoms with Crippen LogP contribution in [0.3, 0.4) is 0 Å². The molecule has 0 saturated heterocycles. The molecular formula is C5H16NO12P4+. The van der Waals surface area contributed by atoms with Crippen molar-refractivity contribution in [3.63, 3.8) is 0 Å². The molecule has 0 bridgehead atoms. The largest absolute Gasteiger partial charge is 0.469 e. The van der Waals surface area contributed by atoms with E-state index in [4.69, 9.17) is 34.3 Å². The Labute approximate surface area is 124 Å². The smallest absolute Gasteiger partial charge is 0.322 e. The number of rotatable bonds is 8. The summed E-state index contributed by atoms with van der Waals surface area (Å²) in [5.41, 5.74) is -3.20. The van der Waals surface area contributed by atoms with Crippen molar-refractivity contribution in [3.8, 4) is 0 Å². The average molecular weight is 406 g/mol. The van der Waals surface area contributed by atoms with Gasteiger partial charge in [0, 0.05) is 0 Å². The first-order valence-corrected chi connectivity index (χ1v) is 11.9. The summed E-state index contributed by atoms with van der Waals surface area (Å²) < 4.78 is 38.1. The van der Waals surface area contributed by atoms with Gasteiger partial charge in [-0.05, 0) is 6.42 Å². The SMILES string of the molecule is CCCOP(=O)(O)C(=NC(P(=O)(O)O)P(=O)(O)O)[P+](O)(O)O. The molecular weight excluding hydrogens is 390 g/mol. The van der Waals surface area contributed by atoms with E-state index in [1.807, 2.05) is 0 Å². The van der Waals surface area contributed by atoms with E-state index in [0.29, 0.717) is 0 Å². The highest BCUT2D eigenvalue weighted by atomic mass is 31.3. The molecule has 0 heterocycles. The van der Waals surface area contributed by atoms with E-state index in [9.17, 15) is 18.6 Å². The van der Waals surface area contributed by atoms with Crippen LogP contribution >= 0.6 is 30.7 Å². The van der Waals surface area contributed by atoms with Gasteiger partial charge in [0.15, 0.2) is 0 Å². The fraction of sp³-hybridized carbons (Fsp3) is 0.800. The summed E-state index contributed by atoms with van der Waals surface area (Å²) in [6.07, 6.45) is 0.159. The van der Waals surface area contributed by atoms with E-state index in [-0.39, 0.29) is 6.42 Å². The lowest BCUT2D eigenvalue weighted by Gasteiger charge is -2.18. The molecule has 8 N–H and O–H groups in total. The Bertz CT molecular complexity index is 532. The minimum Gasteiger partial charge on any atom is -0.322 e. The maximum absolute atomic E-state index is 11.8. The minimum atomic E-state index is -5.67. The summed E-state index contributed by atoms with van der Waals surface area (Å²) in [5.74, 6) is 0. The van der Waals surface area contributed by atoms with Crippen LogP contribution in [-0.2, 0) is 18.2 Å². The maximum atomic E-state index is 11.8. The molecule has 0 fully saturated rings. The van der Waals surface area contributed by atoms with Crippen molar-refractivity contribution in [1.82, 2.24) is 0 Å². The Kier molecular flexibility index (Phi) is 7.69. The molecule has 1 atom stereocenters. The monoisotopic (exact) mass is 406 g/mol. The molecule has 22 heavy (non-hydrogen) atoms. The van der Waals surface area contributed by atoms with Crippen LogP contribution in [0, 0.1) is 0 Å². The quantitative estimate of drug-likeness (QED) is 0.185. The third-order valence-corrected chi connectivity index (χ3v) is 8.43. The Morgan fingerprint density at radius 2 is 1.45 bits per heavy atom. The van der Waals surface area contributed by atoms with Crippen molar-refractivity contribution in [2.24, 2.45) is 4.99 Å². The summed E-state index contributed by atoms with van der Waals surface area (Å²) in [5, 5.41) is -1.93. The summed E-state index contributed by atoms with van der Waals surface area (Å²) in [7, 11) is -22.1. The van der Waals surface area contributed by atoms with Crippen molar-refractivity contribution in [3.05, 3.63) is 0 Å². The van der Waals surface area contributed by atoms with Crippen LogP contribution in [0.15, 0.2) is 4.99 Å². The second-order valence-corrected chi connectivity index (χ2v) is 11.3. The zero-order valence-corrected chi connectivity index (χ0v) is 14.5. The van der Waals surface area contributed by atoms with E-state index < -0.39 is 48.1 Å². The Morgan fingerprint density at radius 1 is 1.05 bits per heavy atom. The minimum absolute atomic E-state index is 0.159. The number of hydrogen-bond acceptors (Lipinski definition) is 8. The van der Waals surface area contributed by atoms with Crippen LogP contribution in [0.5, 0.6) is 0 Å². The number of aliphatic imine (C=N–C) groups is 1. The van der Waals surface area contributed by atoms with Crippen molar-refractivity contribution < 1.29 is 57.4 Å². The Balaban J connectivity index is 6.16. The second kappa shape index (κ2) is 7.55. The fourth-order valence-corrected chi connectivity index (χ4v) is 6.11. The number of hydrogen-bond donors (Lipinski definition) is 8. The first-order chi connectivity index (χ1) is 9.53. The zero-order valence-electron chi connectivity index (χ0n) is 10.9. The molecule has 0 amide bonds. The molecule has 17 heteroatoms. The van der Waals surface area contributed by atoms with E-state index >= 15 is 0 Å². The van der Waals surface area contributed by atoms with Gasteiger partial charge in [-0.2, -0.15) is 14.7 Å². The highest BCUT2D eigenvalue weighted by Gasteiger charge is 2.56. The topological polar surface area (TPSA) is 235 Å². The van der Waals surface area contributed by atoms with E-state index in [1.54, 1.807) is 0 Å². The molecule has 0 spiro atoms. The average Bonchev–Trinajstić information content (AvgIpc) is 2.20. The third kappa shape index (κ3) is 6.90. The summed E-state index contributed by atoms with van der Waals surface area (Å²) in [6.45, 7) is 1.05. The molecule has 0 aliphatic carbocycles. The van der Waals surface area contributed by atoms with Crippen molar-refractivity contribution in [1.29, 1.82) is 0 Å². The molecule has 0 aliphatic heterocycles. The van der Waals surface area contributed by atoms with Crippen molar-refractivity contribution in [2.75, 3.05) is 6.61 Å². The Hall–Kier alpha value is 0.430. The highest BCUT2D eigenvalue weighted by molar-refractivity contribution is 8.00. The second-order valence-electron chi connectivity index (χ2n) is 3.88. The molecule has 0 radical (unpaired) electrons. The fourth-order valence-electron chi connectivity index (χ4n) is 1.04. The van der Waals surface area contributed by atoms with Crippen molar-refractivity contribution >= 4 is 35.9 Å². The Morgan fingerprint density at radius 3 is 1.73 bits per heavy atom. The molecule has 0 rings (SSSR count). The normalized spacial score (nSPS) is 17.6. The lowest BCUT2D eigenvalue weighted by atomic mass is 10.5. The van der Waals surface area contributed by atoms with Crippen LogP contribution in [0.4, 0.5) is 0 Å². The van der Waals surface area contributed by atoms with E-state index in [2.05, 4.69) is 9.52 Å². The lowest BCUT2D eigenvalue weighted by molar-refractivity contribution is 0.271. The van der Waals surface area contributed by atoms with Gasteiger partial charge in [0.05, 0.1) is 6.61 Å². The van der Waals surface area contributed by atoms with Crippen LogP contribution in [0.1, 0.15) is 13.3 Å². The predicted octanol–water partition coefficient (Wildman–Crippen LogP) is -0.667. The van der Waals surface area contributed by atoms with Gasteiger partial charge in [0.2, 0.25) is 0 Å². The maximum Gasteiger partial charge on any atom is 0.469 e. The molecule has 1 unspecified atom stereocenters. The molecule has 0 aliphatic rings. The van der Waals surface area contributed by atoms with Crippen LogP contribution in [0.25, 0.3) is 0 Å². The van der Waals surface area contributed by atoms with Gasteiger partial charge in [0.1, 0.15) is 0 Å². The first-order valence-electron chi connectivity index (χ1n) is 5.27. The van der Waals surface area contributed by atoms with Gasteiger partial charge in [-0.15, -0.1) is 0 Å². The van der Waals surface area contributed by atoms with Gasteiger partial charge in [-0.25, -0.2) is 9.56 Å². The van der Waals surface area contributed by atoms with Crippen LogP contribution in [-0.4, -0.2) is 56.5 Å². The molecule has 0 aromatic heterocycles. The van der Waals surface area contributed by atoms with Crippen molar-refractivity contribution in [2.45, 2.75) is 18.9 Å². The van der Waals surface area contributed by atoms with Gasteiger partial charge < -0.3 is 29.0 Å². The number of nitrogens with zero attached hydrogens (tertiary/aromatic N) is 1. The zero-order chi connectivity index (χ0) is 18.0. The highest BCUT2D eigenvalue weighted by Crippen LogP contribution is 2.67. The molecule has 13 nitrogen and oxygen atoms in total. The predicted molar refractivity (Wildman–Crippen MR) is 75.0 cm³/mol. The van der Waals surface area contributed by atoms with Gasteiger partial charge in [0.25, 0.3) is 5.52 Å². The molecule has 0 aromatic carbocycles. The standard InChI is InChI=1S/C5H15NO12P4/c1-2-3-18-22(16,17)5(21(13,14)15)6-4(19(7,8)9)20(10,11)12/h4,13-15H,2-3H2,1H3,(H4-,7,8,9,10,11,12,16,17)/p+1. The van der Waals surface area contributed by atoms with Crippen LogP contribution < -0.4 is 0 Å². The van der Waals surface area contributed by atoms with Crippen LogP contribution in [0.2, 0.25) is 0 Å². The lowest BCUT2D eigenvalue weighted by Crippen LogP contribution is -2.15. The molecule has 0 aromatic rings. The summed E-state index contributed by atoms with van der Waals surface area (Å²) in [4.78, 5) is 74.6. The first kappa shape index (κ1) is 22.4. The summed E-state index contributed by atoms with van der Waals surface area (Å²) in [6, 6.07) is 0. The van der Waals surface area contributed by atoms with Gasteiger partial charge >= 0.3 is 35.9 Å². The van der Waals surface area contributed by atoms with E-state index in [1.165, 1.54) is 6.92 Å². The van der Waals surface area contributed by atoms with Gasteiger partial charge in [-0.3, -0.25) is 9.13 Å². The molecule has 0 saturated carbocycles. The summed E-state index contributed by atoms with van der Waals surface area (Å²) >= 11 is 0.